The van der Waals surface area contributed by atoms with Gasteiger partial charge in [0, 0.05) is 11.4 Å². The Kier molecular flexibility index (Phi) is 7.80. The predicted octanol–water partition coefficient (Wildman–Crippen LogP) is 3.44. The average Bonchev–Trinajstić information content (AvgIpc) is 3.24. The van der Waals surface area contributed by atoms with Gasteiger partial charge in [-0.25, -0.2) is 4.98 Å². The number of thioether (sulfide) groups is 1. The lowest BCUT2D eigenvalue weighted by Gasteiger charge is -2.14. The summed E-state index contributed by atoms with van der Waals surface area (Å²) >= 11 is 2.88. The van der Waals surface area contributed by atoms with Crippen LogP contribution in [0.5, 0.6) is 11.5 Å². The Morgan fingerprint density at radius 1 is 1.26 bits per heavy atom. The molecule has 1 N–H and O–H groups in total. The van der Waals surface area contributed by atoms with E-state index in [4.69, 9.17) is 20.9 Å². The van der Waals surface area contributed by atoms with E-state index < -0.39 is 0 Å². The number of carbonyl (C=O) groups is 1. The first-order chi connectivity index (χ1) is 16.5. The van der Waals surface area contributed by atoms with E-state index in [1.54, 1.807) is 30.1 Å². The van der Waals surface area contributed by atoms with Gasteiger partial charge in [0.2, 0.25) is 5.91 Å². The first kappa shape index (κ1) is 24.2. The van der Waals surface area contributed by atoms with E-state index >= 15 is 0 Å². The number of aromatic nitrogens is 2. The molecule has 2 aromatic heterocycles. The summed E-state index contributed by atoms with van der Waals surface area (Å²) in [6.45, 7) is 0.617. The fraction of sp³-hybridized carbons (Fsp3) is 0.400. The number of ether oxygens (including phenoxy) is 2. The number of nitrogens with one attached hydrogen (secondary N) is 1. The number of amides is 1. The van der Waals surface area contributed by atoms with Crippen molar-refractivity contribution in [3.8, 4) is 23.8 Å². The Morgan fingerprint density at radius 3 is 2.82 bits per heavy atom. The second kappa shape index (κ2) is 11.0. The van der Waals surface area contributed by atoms with Gasteiger partial charge in [0.1, 0.15) is 4.83 Å². The summed E-state index contributed by atoms with van der Waals surface area (Å²) in [6, 6.07) is 5.74. The molecule has 9 heteroatoms. The second-order valence-corrected chi connectivity index (χ2v) is 9.98. The van der Waals surface area contributed by atoms with Gasteiger partial charge in [-0.1, -0.05) is 23.7 Å². The van der Waals surface area contributed by atoms with E-state index in [0.29, 0.717) is 29.6 Å². The highest BCUT2D eigenvalue weighted by Crippen LogP contribution is 2.35. The van der Waals surface area contributed by atoms with Crippen molar-refractivity contribution in [2.45, 2.75) is 43.8 Å². The predicted molar refractivity (Wildman–Crippen MR) is 136 cm³/mol. The molecule has 1 aromatic carbocycles. The van der Waals surface area contributed by atoms with Gasteiger partial charge in [0.15, 0.2) is 16.7 Å². The summed E-state index contributed by atoms with van der Waals surface area (Å²) in [5, 5.41) is 3.95. The molecule has 0 unspecified atom stereocenters. The Bertz CT molecular complexity index is 1310. The van der Waals surface area contributed by atoms with Crippen LogP contribution in [0.2, 0.25) is 0 Å². The maximum atomic E-state index is 13.7. The lowest BCUT2D eigenvalue weighted by Crippen LogP contribution is -2.27. The quantitative estimate of drug-likeness (QED) is 0.277. The molecule has 3 aromatic rings. The van der Waals surface area contributed by atoms with Crippen molar-refractivity contribution in [1.82, 2.24) is 14.9 Å². The molecule has 7 nitrogen and oxygen atoms in total. The molecule has 2 heterocycles. The number of rotatable bonds is 9. The van der Waals surface area contributed by atoms with E-state index in [9.17, 15) is 9.59 Å². The number of hydrogen-bond acceptors (Lipinski definition) is 7. The standard InChI is InChI=1S/C25H27N3O4S2/c1-4-12-26-21(29)15-33-25-27-23-22(17-7-5-6-8-20(17)34-23)24(30)28(25)13-11-16-9-10-18(31-2)19(14-16)32-3/h1,9-10,14H,5-8,11-13,15H2,2-3H3,(H,26,29). The lowest BCUT2D eigenvalue weighted by molar-refractivity contribution is -0.118. The van der Waals surface area contributed by atoms with Gasteiger partial charge in [0.25, 0.3) is 5.56 Å². The van der Waals surface area contributed by atoms with Gasteiger partial charge in [-0.2, -0.15) is 0 Å². The monoisotopic (exact) mass is 497 g/mol. The van der Waals surface area contributed by atoms with Crippen LogP contribution in [-0.2, 0) is 30.6 Å². The topological polar surface area (TPSA) is 82.5 Å². The zero-order valence-corrected chi connectivity index (χ0v) is 20.9. The Morgan fingerprint density at radius 2 is 2.06 bits per heavy atom. The zero-order valence-electron chi connectivity index (χ0n) is 19.3. The molecule has 1 amide bonds. The van der Waals surface area contributed by atoms with Crippen LogP contribution in [-0.4, -0.2) is 42.0 Å². The van der Waals surface area contributed by atoms with Crippen LogP contribution >= 0.6 is 23.1 Å². The number of nitrogens with zero attached hydrogens (tertiary/aromatic N) is 2. The van der Waals surface area contributed by atoms with E-state index in [-0.39, 0.29) is 23.8 Å². The largest absolute Gasteiger partial charge is 0.493 e. The number of methoxy groups -OCH3 is 2. The van der Waals surface area contributed by atoms with Crippen LogP contribution in [0.25, 0.3) is 10.2 Å². The summed E-state index contributed by atoms with van der Waals surface area (Å²) in [5.41, 5.74) is 2.14. The molecule has 0 radical (unpaired) electrons. The lowest BCUT2D eigenvalue weighted by atomic mass is 9.97. The van der Waals surface area contributed by atoms with Crippen LogP contribution < -0.4 is 20.3 Å². The van der Waals surface area contributed by atoms with Gasteiger partial charge in [-0.3, -0.25) is 14.2 Å². The van der Waals surface area contributed by atoms with Crippen molar-refractivity contribution in [2.75, 3.05) is 26.5 Å². The highest BCUT2D eigenvalue weighted by molar-refractivity contribution is 7.99. The minimum Gasteiger partial charge on any atom is -0.493 e. The molecule has 0 saturated heterocycles. The molecule has 1 aliphatic carbocycles. The van der Waals surface area contributed by atoms with E-state index in [0.717, 1.165) is 47.0 Å². The zero-order chi connectivity index (χ0) is 24.1. The summed E-state index contributed by atoms with van der Waals surface area (Å²) in [4.78, 5) is 32.7. The second-order valence-electron chi connectivity index (χ2n) is 7.95. The van der Waals surface area contributed by atoms with Gasteiger partial charge >= 0.3 is 0 Å². The van der Waals surface area contributed by atoms with Crippen LogP contribution in [0, 0.1) is 12.3 Å². The van der Waals surface area contributed by atoms with Crippen molar-refractivity contribution in [2.24, 2.45) is 0 Å². The number of hydrogen-bond donors (Lipinski definition) is 1. The molecule has 178 valence electrons. The molecule has 0 atom stereocenters. The SMILES string of the molecule is C#CCNC(=O)CSc1nc2sc3c(c2c(=O)n1CCc1ccc(OC)c(OC)c1)CCCC3. The molecule has 0 fully saturated rings. The number of carbonyl (C=O) groups excluding carboxylic acids is 1. The molecule has 0 spiro atoms. The molecule has 34 heavy (non-hydrogen) atoms. The smallest absolute Gasteiger partial charge is 0.263 e. The number of fused-ring (bicyclic) bond motifs is 3. The average molecular weight is 498 g/mol. The van der Waals surface area contributed by atoms with E-state index in [2.05, 4.69) is 11.2 Å². The molecule has 4 rings (SSSR count). The molecule has 0 saturated carbocycles. The summed E-state index contributed by atoms with van der Waals surface area (Å²) in [6.07, 6.45) is 9.99. The van der Waals surface area contributed by atoms with Crippen LogP contribution in [0.4, 0.5) is 0 Å². The molecule has 0 bridgehead atoms. The first-order valence-corrected chi connectivity index (χ1v) is 12.9. The molecule has 1 aliphatic rings. The van der Waals surface area contributed by atoms with Crippen LogP contribution in [0.1, 0.15) is 28.8 Å². The van der Waals surface area contributed by atoms with Crippen molar-refractivity contribution < 1.29 is 14.3 Å². The normalized spacial score (nSPS) is 12.7. The van der Waals surface area contributed by atoms with Gasteiger partial charge in [-0.15, -0.1) is 17.8 Å². The van der Waals surface area contributed by atoms with Crippen LogP contribution in [0.3, 0.4) is 0 Å². The minimum atomic E-state index is -0.186. The maximum Gasteiger partial charge on any atom is 0.263 e. The maximum absolute atomic E-state index is 13.7. The highest BCUT2D eigenvalue weighted by Gasteiger charge is 2.22. The molecular weight excluding hydrogens is 470 g/mol. The Balaban J connectivity index is 1.67. The molecule has 0 aliphatic heterocycles. The van der Waals surface area contributed by atoms with E-state index in [1.807, 2.05) is 18.2 Å². The minimum absolute atomic E-state index is 0.0311. The van der Waals surface area contributed by atoms with Gasteiger partial charge in [-0.05, 0) is 55.4 Å². The third-order valence-electron chi connectivity index (χ3n) is 5.83. The fourth-order valence-corrected chi connectivity index (χ4v) is 6.29. The third kappa shape index (κ3) is 5.08. The van der Waals surface area contributed by atoms with Crippen LogP contribution in [0.15, 0.2) is 28.2 Å². The molecular formula is C25H27N3O4S2. The number of thiophene rings is 1. The highest BCUT2D eigenvalue weighted by atomic mass is 32.2. The van der Waals surface area contributed by atoms with Gasteiger partial charge in [0.05, 0.1) is 31.9 Å². The van der Waals surface area contributed by atoms with Gasteiger partial charge < -0.3 is 14.8 Å². The first-order valence-electron chi connectivity index (χ1n) is 11.1. The number of benzene rings is 1. The number of terminal acetylenes is 1. The Labute approximate surface area is 206 Å². The number of aryl methyl sites for hydroxylation is 3. The van der Waals surface area contributed by atoms with Crippen molar-refractivity contribution in [3.63, 3.8) is 0 Å². The summed E-state index contributed by atoms with van der Waals surface area (Å²) < 4.78 is 12.4. The van der Waals surface area contributed by atoms with Crippen molar-refractivity contribution in [1.29, 1.82) is 0 Å². The Hall–Kier alpha value is -2.96. The summed E-state index contributed by atoms with van der Waals surface area (Å²) in [5.74, 6) is 3.65. The van der Waals surface area contributed by atoms with Crippen molar-refractivity contribution in [3.05, 3.63) is 44.6 Å². The fourth-order valence-electron chi connectivity index (χ4n) is 4.13. The van der Waals surface area contributed by atoms with E-state index in [1.165, 1.54) is 16.6 Å². The third-order valence-corrected chi connectivity index (χ3v) is 7.99. The summed E-state index contributed by atoms with van der Waals surface area (Å²) in [7, 11) is 3.20. The van der Waals surface area contributed by atoms with Crippen molar-refractivity contribution >= 4 is 39.2 Å².